The number of aromatic nitrogens is 1. The molecule has 0 saturated heterocycles. The van der Waals surface area contributed by atoms with Crippen molar-refractivity contribution in [1.29, 1.82) is 0 Å². The van der Waals surface area contributed by atoms with E-state index < -0.39 is 0 Å². The normalized spacial score (nSPS) is 10.7. The van der Waals surface area contributed by atoms with Crippen LogP contribution < -0.4 is 5.32 Å². The molecule has 0 radical (unpaired) electrons. The Morgan fingerprint density at radius 1 is 1.44 bits per heavy atom. The fourth-order valence-electron chi connectivity index (χ4n) is 1.58. The maximum atomic E-state index is 5.98. The van der Waals surface area contributed by atoms with Crippen molar-refractivity contribution in [2.75, 3.05) is 7.05 Å². The SMILES string of the molecule is CNCc1ncoc1-c1ccc(Cl)c(C)c1. The number of benzene rings is 1. The summed E-state index contributed by atoms with van der Waals surface area (Å²) in [6.45, 7) is 2.66. The van der Waals surface area contributed by atoms with E-state index in [1.807, 2.05) is 32.2 Å². The van der Waals surface area contributed by atoms with Crippen LogP contribution in [0.5, 0.6) is 0 Å². The average molecular weight is 237 g/mol. The first-order chi connectivity index (χ1) is 7.72. The molecular formula is C12H13ClN2O. The molecule has 0 spiro atoms. The Labute approximate surface area is 99.5 Å². The van der Waals surface area contributed by atoms with Gasteiger partial charge in [0.1, 0.15) is 5.69 Å². The molecule has 16 heavy (non-hydrogen) atoms. The van der Waals surface area contributed by atoms with Crippen LogP contribution in [0.1, 0.15) is 11.3 Å². The van der Waals surface area contributed by atoms with E-state index in [4.69, 9.17) is 16.0 Å². The highest BCUT2D eigenvalue weighted by molar-refractivity contribution is 6.31. The molecule has 1 aromatic heterocycles. The van der Waals surface area contributed by atoms with Gasteiger partial charge in [-0.3, -0.25) is 0 Å². The van der Waals surface area contributed by atoms with Crippen molar-refractivity contribution < 1.29 is 4.42 Å². The molecule has 2 aromatic rings. The van der Waals surface area contributed by atoms with E-state index >= 15 is 0 Å². The number of oxazole rings is 1. The summed E-state index contributed by atoms with van der Waals surface area (Å²) in [5.41, 5.74) is 2.94. The lowest BCUT2D eigenvalue weighted by Crippen LogP contribution is -2.06. The van der Waals surface area contributed by atoms with Crippen molar-refractivity contribution >= 4 is 11.6 Å². The fraction of sp³-hybridized carbons (Fsp3) is 0.250. The van der Waals surface area contributed by atoms with E-state index in [1.165, 1.54) is 6.39 Å². The van der Waals surface area contributed by atoms with E-state index in [-0.39, 0.29) is 0 Å². The first kappa shape index (κ1) is 11.2. The summed E-state index contributed by atoms with van der Waals surface area (Å²) in [6.07, 6.45) is 1.46. The fourth-order valence-corrected chi connectivity index (χ4v) is 1.70. The standard InChI is InChI=1S/C12H13ClN2O/c1-8-5-9(3-4-10(8)13)12-11(6-14-2)15-7-16-12/h3-5,7,14H,6H2,1-2H3. The molecule has 0 amide bonds. The molecule has 1 heterocycles. The average Bonchev–Trinajstić information content (AvgIpc) is 2.71. The maximum Gasteiger partial charge on any atom is 0.181 e. The third-order valence-corrected chi connectivity index (χ3v) is 2.83. The summed E-state index contributed by atoms with van der Waals surface area (Å²) in [5, 5.41) is 3.82. The molecule has 0 aliphatic heterocycles. The van der Waals surface area contributed by atoms with Crippen molar-refractivity contribution in [2.24, 2.45) is 0 Å². The van der Waals surface area contributed by atoms with Crippen LogP contribution in [0.3, 0.4) is 0 Å². The van der Waals surface area contributed by atoms with Gasteiger partial charge in [0, 0.05) is 17.1 Å². The Morgan fingerprint density at radius 2 is 2.25 bits per heavy atom. The van der Waals surface area contributed by atoms with Gasteiger partial charge in [-0.2, -0.15) is 0 Å². The lowest BCUT2D eigenvalue weighted by atomic mass is 10.1. The van der Waals surface area contributed by atoms with Gasteiger partial charge in [-0.05, 0) is 37.7 Å². The summed E-state index contributed by atoms with van der Waals surface area (Å²) in [6, 6.07) is 5.81. The summed E-state index contributed by atoms with van der Waals surface area (Å²) in [5.74, 6) is 0.800. The van der Waals surface area contributed by atoms with Crippen LogP contribution in [0.15, 0.2) is 29.0 Å². The number of hydrogen-bond acceptors (Lipinski definition) is 3. The van der Waals surface area contributed by atoms with Crippen LogP contribution in [0.4, 0.5) is 0 Å². The summed E-state index contributed by atoms with van der Waals surface area (Å²) >= 11 is 5.98. The third-order valence-electron chi connectivity index (χ3n) is 2.41. The van der Waals surface area contributed by atoms with E-state index in [0.29, 0.717) is 6.54 Å². The van der Waals surface area contributed by atoms with Crippen LogP contribution in [-0.2, 0) is 6.54 Å². The van der Waals surface area contributed by atoms with Crippen LogP contribution >= 0.6 is 11.6 Å². The van der Waals surface area contributed by atoms with Crippen molar-refractivity contribution in [3.05, 3.63) is 40.9 Å². The van der Waals surface area contributed by atoms with Crippen molar-refractivity contribution in [2.45, 2.75) is 13.5 Å². The molecule has 0 saturated carbocycles. The second-order valence-corrected chi connectivity index (χ2v) is 4.03. The van der Waals surface area contributed by atoms with Crippen molar-refractivity contribution in [1.82, 2.24) is 10.3 Å². The van der Waals surface area contributed by atoms with Gasteiger partial charge in [-0.1, -0.05) is 11.6 Å². The molecule has 2 rings (SSSR count). The first-order valence-corrected chi connectivity index (χ1v) is 5.43. The van der Waals surface area contributed by atoms with E-state index in [9.17, 15) is 0 Å². The van der Waals surface area contributed by atoms with Crippen LogP contribution in [0.25, 0.3) is 11.3 Å². The largest absolute Gasteiger partial charge is 0.443 e. The highest BCUT2D eigenvalue weighted by Gasteiger charge is 2.10. The third kappa shape index (κ3) is 2.10. The number of halogens is 1. The number of nitrogens with zero attached hydrogens (tertiary/aromatic N) is 1. The van der Waals surface area contributed by atoms with Crippen molar-refractivity contribution in [3.8, 4) is 11.3 Å². The van der Waals surface area contributed by atoms with Gasteiger partial charge in [0.05, 0.1) is 0 Å². The van der Waals surface area contributed by atoms with E-state index in [2.05, 4.69) is 10.3 Å². The number of aryl methyl sites for hydroxylation is 1. The lowest BCUT2D eigenvalue weighted by Gasteiger charge is -2.03. The maximum absolute atomic E-state index is 5.98. The zero-order chi connectivity index (χ0) is 11.5. The van der Waals surface area contributed by atoms with Gasteiger partial charge in [-0.15, -0.1) is 0 Å². The topological polar surface area (TPSA) is 38.1 Å². The summed E-state index contributed by atoms with van der Waals surface area (Å²) in [7, 11) is 1.88. The van der Waals surface area contributed by atoms with Crippen LogP contribution in [0.2, 0.25) is 5.02 Å². The van der Waals surface area contributed by atoms with Crippen molar-refractivity contribution in [3.63, 3.8) is 0 Å². The number of nitrogens with one attached hydrogen (secondary N) is 1. The molecule has 0 bridgehead atoms. The monoisotopic (exact) mass is 236 g/mol. The number of rotatable bonds is 3. The minimum Gasteiger partial charge on any atom is -0.443 e. The molecule has 3 nitrogen and oxygen atoms in total. The van der Waals surface area contributed by atoms with Gasteiger partial charge in [0.15, 0.2) is 12.2 Å². The molecule has 1 aromatic carbocycles. The predicted molar refractivity (Wildman–Crippen MR) is 64.4 cm³/mol. The van der Waals surface area contributed by atoms with Gasteiger partial charge in [-0.25, -0.2) is 4.98 Å². The zero-order valence-corrected chi connectivity index (χ0v) is 10.0. The van der Waals surface area contributed by atoms with Crippen LogP contribution in [0, 0.1) is 6.92 Å². The second-order valence-electron chi connectivity index (χ2n) is 3.62. The molecular weight excluding hydrogens is 224 g/mol. The minimum atomic E-state index is 0.688. The second kappa shape index (κ2) is 4.68. The first-order valence-electron chi connectivity index (χ1n) is 5.06. The quantitative estimate of drug-likeness (QED) is 0.890. The summed E-state index contributed by atoms with van der Waals surface area (Å²) < 4.78 is 5.40. The van der Waals surface area contributed by atoms with Gasteiger partial charge in [0.25, 0.3) is 0 Å². The molecule has 84 valence electrons. The minimum absolute atomic E-state index is 0.688. The summed E-state index contributed by atoms with van der Waals surface area (Å²) in [4.78, 5) is 4.17. The zero-order valence-electron chi connectivity index (χ0n) is 9.25. The van der Waals surface area contributed by atoms with Gasteiger partial charge in [0.2, 0.25) is 0 Å². The van der Waals surface area contributed by atoms with Gasteiger partial charge >= 0.3 is 0 Å². The number of hydrogen-bond donors (Lipinski definition) is 1. The van der Waals surface area contributed by atoms with E-state index in [1.54, 1.807) is 0 Å². The van der Waals surface area contributed by atoms with Crippen LogP contribution in [-0.4, -0.2) is 12.0 Å². The van der Waals surface area contributed by atoms with Gasteiger partial charge < -0.3 is 9.73 Å². The lowest BCUT2D eigenvalue weighted by molar-refractivity contribution is 0.570. The molecule has 0 aliphatic carbocycles. The molecule has 0 fully saturated rings. The Balaban J connectivity index is 2.42. The predicted octanol–water partition coefficient (Wildman–Crippen LogP) is 3.02. The molecule has 0 atom stereocenters. The Kier molecular flexibility index (Phi) is 3.27. The molecule has 1 N–H and O–H groups in total. The molecule has 4 heteroatoms. The highest BCUT2D eigenvalue weighted by Crippen LogP contribution is 2.26. The Bertz CT molecular complexity index is 494. The molecule has 0 unspecified atom stereocenters. The smallest absolute Gasteiger partial charge is 0.181 e. The molecule has 0 aliphatic rings. The Morgan fingerprint density at radius 3 is 2.94 bits per heavy atom. The van der Waals surface area contributed by atoms with E-state index in [0.717, 1.165) is 27.6 Å². The Hall–Kier alpha value is -1.32. The highest BCUT2D eigenvalue weighted by atomic mass is 35.5.